The lowest BCUT2D eigenvalue weighted by molar-refractivity contribution is 0.0989. The number of rotatable bonds is 3. The fourth-order valence-corrected chi connectivity index (χ4v) is 2.82. The van der Waals surface area contributed by atoms with Gasteiger partial charge in [-0.25, -0.2) is 4.98 Å². The molecule has 1 aromatic rings. The van der Waals surface area contributed by atoms with Gasteiger partial charge >= 0.3 is 0 Å². The van der Waals surface area contributed by atoms with Crippen molar-refractivity contribution in [3.05, 3.63) is 11.0 Å². The Morgan fingerprint density at radius 2 is 2.39 bits per heavy atom. The molecule has 0 aliphatic carbocycles. The van der Waals surface area contributed by atoms with E-state index in [1.54, 1.807) is 7.05 Å². The van der Waals surface area contributed by atoms with Crippen molar-refractivity contribution < 1.29 is 4.74 Å². The van der Waals surface area contributed by atoms with E-state index in [0.29, 0.717) is 11.7 Å². The van der Waals surface area contributed by atoms with Gasteiger partial charge in [0, 0.05) is 19.8 Å². The monoisotopic (exact) mass is 267 g/mol. The molecular weight excluding hydrogens is 254 g/mol. The number of aromatic nitrogens is 2. The average molecular weight is 268 g/mol. The van der Waals surface area contributed by atoms with E-state index in [-0.39, 0.29) is 11.4 Å². The third-order valence-corrected chi connectivity index (χ3v) is 3.62. The largest absolute Gasteiger partial charge is 0.383 e. The molecule has 0 amide bonds. The number of ether oxygens (including phenoxy) is 1. The van der Waals surface area contributed by atoms with Gasteiger partial charge in [0.05, 0.1) is 18.8 Å². The van der Waals surface area contributed by atoms with Gasteiger partial charge in [-0.05, 0) is 18.0 Å². The van der Waals surface area contributed by atoms with Crippen LogP contribution in [0.4, 0.5) is 11.5 Å². The number of morpholine rings is 1. The summed E-state index contributed by atoms with van der Waals surface area (Å²) in [7, 11) is 1.80. The fourth-order valence-electron chi connectivity index (χ4n) is 2.65. The minimum absolute atomic E-state index is 0.172. The van der Waals surface area contributed by atoms with Crippen LogP contribution in [0.15, 0.2) is 0 Å². The predicted octanol–water partition coefficient (Wildman–Crippen LogP) is 1.15. The van der Waals surface area contributed by atoms with Crippen molar-refractivity contribution in [3.8, 4) is 0 Å². The molecule has 2 atom stereocenters. The molecule has 18 heavy (non-hydrogen) atoms. The number of halogens is 1. The second kappa shape index (κ2) is 4.37. The molecule has 3 heterocycles. The van der Waals surface area contributed by atoms with Crippen LogP contribution >= 0.6 is 11.6 Å². The number of anilines is 2. The van der Waals surface area contributed by atoms with Crippen LogP contribution in [0.3, 0.4) is 0 Å². The van der Waals surface area contributed by atoms with E-state index in [2.05, 4.69) is 20.2 Å². The Morgan fingerprint density at radius 1 is 1.56 bits per heavy atom. The van der Waals surface area contributed by atoms with E-state index in [4.69, 9.17) is 21.7 Å². The highest BCUT2D eigenvalue weighted by molar-refractivity contribution is 6.28. The Kier molecular flexibility index (Phi) is 2.83. The van der Waals surface area contributed by atoms with Gasteiger partial charge in [-0.2, -0.15) is 4.98 Å². The first-order valence-corrected chi connectivity index (χ1v) is 6.24. The number of nitrogens with one attached hydrogen (secondary N) is 2. The summed E-state index contributed by atoms with van der Waals surface area (Å²) in [6.07, 6.45) is 2.51. The summed E-state index contributed by atoms with van der Waals surface area (Å²) in [4.78, 5) is 10.6. The zero-order valence-corrected chi connectivity index (χ0v) is 10.7. The zero-order chi connectivity index (χ0) is 12.7. The molecular formula is C11H14ClN5O. The van der Waals surface area contributed by atoms with Crippen molar-refractivity contribution in [1.29, 1.82) is 5.41 Å². The maximum Gasteiger partial charge on any atom is 0.225 e. The van der Waals surface area contributed by atoms with Crippen LogP contribution in [0.5, 0.6) is 0 Å². The maximum atomic E-state index is 7.40. The molecule has 2 bridgehead atoms. The molecule has 1 aromatic heterocycles. The Balaban J connectivity index is 2.05. The van der Waals surface area contributed by atoms with Crippen LogP contribution in [0.25, 0.3) is 0 Å². The SMILES string of the molecule is CNc1c(C=N)nc(Cl)nc1N1CC2CC1CO2. The van der Waals surface area contributed by atoms with Crippen molar-refractivity contribution in [1.82, 2.24) is 9.97 Å². The first-order valence-electron chi connectivity index (χ1n) is 5.87. The van der Waals surface area contributed by atoms with Crippen LogP contribution in [-0.2, 0) is 4.74 Å². The summed E-state index contributed by atoms with van der Waals surface area (Å²) >= 11 is 5.93. The van der Waals surface area contributed by atoms with E-state index in [9.17, 15) is 0 Å². The molecule has 96 valence electrons. The molecule has 6 nitrogen and oxygen atoms in total. The minimum atomic E-state index is 0.172. The summed E-state index contributed by atoms with van der Waals surface area (Å²) in [6.45, 7) is 1.56. The molecule has 0 saturated carbocycles. The molecule has 0 aromatic carbocycles. The summed E-state index contributed by atoms with van der Waals surface area (Å²) < 4.78 is 5.58. The second-order valence-electron chi connectivity index (χ2n) is 4.47. The smallest absolute Gasteiger partial charge is 0.225 e. The van der Waals surface area contributed by atoms with E-state index in [0.717, 1.165) is 31.1 Å². The van der Waals surface area contributed by atoms with Gasteiger partial charge in [-0.15, -0.1) is 0 Å². The van der Waals surface area contributed by atoms with Gasteiger partial charge in [0.2, 0.25) is 5.28 Å². The Labute approximate surface area is 110 Å². The summed E-state index contributed by atoms with van der Waals surface area (Å²) in [5.41, 5.74) is 1.26. The van der Waals surface area contributed by atoms with Gasteiger partial charge in [-0.1, -0.05) is 0 Å². The summed E-state index contributed by atoms with van der Waals surface area (Å²) in [6, 6.07) is 0.353. The van der Waals surface area contributed by atoms with E-state index >= 15 is 0 Å². The van der Waals surface area contributed by atoms with Crippen LogP contribution in [0, 0.1) is 5.41 Å². The number of hydrogen-bond donors (Lipinski definition) is 2. The Hall–Kier alpha value is -1.40. The lowest BCUT2D eigenvalue weighted by Gasteiger charge is -2.29. The third-order valence-electron chi connectivity index (χ3n) is 3.45. The van der Waals surface area contributed by atoms with Crippen LogP contribution < -0.4 is 10.2 Å². The summed E-state index contributed by atoms with van der Waals surface area (Å²) in [5.74, 6) is 0.770. The zero-order valence-electron chi connectivity index (χ0n) is 9.98. The first kappa shape index (κ1) is 11.7. The van der Waals surface area contributed by atoms with Crippen molar-refractivity contribution in [2.75, 3.05) is 30.4 Å². The van der Waals surface area contributed by atoms with Crippen molar-refractivity contribution in [2.45, 2.75) is 18.6 Å². The lowest BCUT2D eigenvalue weighted by Crippen LogP contribution is -2.38. The highest BCUT2D eigenvalue weighted by Gasteiger charge is 2.40. The number of hydrogen-bond acceptors (Lipinski definition) is 6. The molecule has 0 radical (unpaired) electrons. The third kappa shape index (κ3) is 1.72. The number of nitrogens with zero attached hydrogens (tertiary/aromatic N) is 3. The van der Waals surface area contributed by atoms with E-state index in [1.807, 2.05) is 0 Å². The standard InChI is InChI=1S/C11H14ClN5O/c1-14-9-8(3-13)15-11(12)16-10(9)17-4-7-2-6(17)5-18-7/h3,6-7,13-14H,2,4-5H2,1H3. The van der Waals surface area contributed by atoms with Gasteiger partial charge in [0.1, 0.15) is 11.4 Å². The fraction of sp³-hybridized carbons (Fsp3) is 0.545. The highest BCUT2D eigenvalue weighted by Crippen LogP contribution is 2.36. The highest BCUT2D eigenvalue weighted by atomic mass is 35.5. The van der Waals surface area contributed by atoms with Gasteiger partial charge < -0.3 is 20.4 Å². The molecule has 2 N–H and O–H groups in total. The van der Waals surface area contributed by atoms with E-state index < -0.39 is 0 Å². The Bertz CT molecular complexity index is 495. The van der Waals surface area contributed by atoms with Crippen LogP contribution in [0.2, 0.25) is 5.28 Å². The molecule has 2 unspecified atom stereocenters. The van der Waals surface area contributed by atoms with E-state index in [1.165, 1.54) is 6.21 Å². The minimum Gasteiger partial charge on any atom is -0.383 e. The maximum absolute atomic E-state index is 7.40. The van der Waals surface area contributed by atoms with Gasteiger partial charge in [-0.3, -0.25) is 0 Å². The molecule has 2 aliphatic rings. The van der Waals surface area contributed by atoms with Crippen LogP contribution in [-0.4, -0.2) is 48.5 Å². The topological polar surface area (TPSA) is 74.1 Å². The Morgan fingerprint density at radius 3 is 2.94 bits per heavy atom. The molecule has 3 rings (SSSR count). The lowest BCUT2D eigenvalue weighted by atomic mass is 10.2. The van der Waals surface area contributed by atoms with Crippen molar-refractivity contribution in [3.63, 3.8) is 0 Å². The molecule has 2 aliphatic heterocycles. The second-order valence-corrected chi connectivity index (χ2v) is 4.81. The quantitative estimate of drug-likeness (QED) is 0.635. The first-order chi connectivity index (χ1) is 8.72. The normalized spacial score (nSPS) is 25.6. The van der Waals surface area contributed by atoms with Crippen molar-refractivity contribution in [2.24, 2.45) is 0 Å². The predicted molar refractivity (Wildman–Crippen MR) is 70.0 cm³/mol. The van der Waals surface area contributed by atoms with Gasteiger partial charge in [0.25, 0.3) is 0 Å². The molecule has 2 saturated heterocycles. The molecule has 0 spiro atoms. The molecule has 7 heteroatoms. The number of fused-ring (bicyclic) bond motifs is 2. The van der Waals surface area contributed by atoms with Crippen molar-refractivity contribution >= 4 is 29.3 Å². The summed E-state index contributed by atoms with van der Waals surface area (Å²) in [5, 5.41) is 10.6. The average Bonchev–Trinajstić information content (AvgIpc) is 2.99. The van der Waals surface area contributed by atoms with Crippen LogP contribution in [0.1, 0.15) is 12.1 Å². The molecule has 2 fully saturated rings. The van der Waals surface area contributed by atoms with Gasteiger partial charge in [0.15, 0.2) is 5.82 Å².